The molecule has 84 valence electrons. The molecule has 0 saturated heterocycles. The number of aryl methyl sites for hydroxylation is 1. The minimum absolute atomic E-state index is 0.485. The Bertz CT molecular complexity index is 541. The number of ether oxygens (including phenoxy) is 1. The van der Waals surface area contributed by atoms with Gasteiger partial charge in [0.05, 0.1) is 5.56 Å². The molecule has 0 aromatic heterocycles. The van der Waals surface area contributed by atoms with Crippen molar-refractivity contribution in [3.05, 3.63) is 65.2 Å². The third-order valence-electron chi connectivity index (χ3n) is 2.49. The van der Waals surface area contributed by atoms with Crippen molar-refractivity contribution in [1.82, 2.24) is 0 Å². The smallest absolute Gasteiger partial charge is 0.137 e. The Morgan fingerprint density at radius 1 is 1.12 bits per heavy atom. The topological polar surface area (TPSA) is 33.0 Å². The average molecular weight is 223 g/mol. The van der Waals surface area contributed by atoms with Gasteiger partial charge in [-0.2, -0.15) is 5.26 Å². The molecule has 0 spiro atoms. The third kappa shape index (κ3) is 2.85. The van der Waals surface area contributed by atoms with Crippen LogP contribution >= 0.6 is 0 Å². The number of nitriles is 1. The third-order valence-corrected chi connectivity index (χ3v) is 2.49. The molecule has 0 amide bonds. The van der Waals surface area contributed by atoms with Gasteiger partial charge in [0.25, 0.3) is 0 Å². The van der Waals surface area contributed by atoms with Crippen molar-refractivity contribution in [3.8, 4) is 11.8 Å². The van der Waals surface area contributed by atoms with Gasteiger partial charge in [-0.1, -0.05) is 36.4 Å². The first-order valence-corrected chi connectivity index (χ1v) is 5.47. The molecule has 0 saturated carbocycles. The van der Waals surface area contributed by atoms with Gasteiger partial charge in [-0.15, -0.1) is 0 Å². The summed E-state index contributed by atoms with van der Waals surface area (Å²) in [7, 11) is 0. The zero-order valence-corrected chi connectivity index (χ0v) is 9.68. The van der Waals surface area contributed by atoms with Crippen LogP contribution in [0.15, 0.2) is 48.5 Å². The average Bonchev–Trinajstić information content (AvgIpc) is 2.38. The van der Waals surface area contributed by atoms with Crippen LogP contribution in [0, 0.1) is 18.3 Å². The SMILES string of the molecule is Cc1ccc(OCc2ccccc2)c(C#N)c1. The van der Waals surface area contributed by atoms with E-state index < -0.39 is 0 Å². The van der Waals surface area contributed by atoms with E-state index in [4.69, 9.17) is 10.00 Å². The van der Waals surface area contributed by atoms with E-state index in [0.29, 0.717) is 17.9 Å². The molecule has 2 nitrogen and oxygen atoms in total. The molecule has 0 heterocycles. The highest BCUT2D eigenvalue weighted by Gasteiger charge is 2.03. The summed E-state index contributed by atoms with van der Waals surface area (Å²) in [6, 6.07) is 17.7. The molecule has 0 atom stereocenters. The van der Waals surface area contributed by atoms with Crippen LogP contribution in [0.1, 0.15) is 16.7 Å². The number of benzene rings is 2. The van der Waals surface area contributed by atoms with Gasteiger partial charge in [-0.25, -0.2) is 0 Å². The zero-order chi connectivity index (χ0) is 12.1. The van der Waals surface area contributed by atoms with Crippen LogP contribution in [0.5, 0.6) is 5.75 Å². The lowest BCUT2D eigenvalue weighted by Crippen LogP contribution is -1.97. The van der Waals surface area contributed by atoms with E-state index in [9.17, 15) is 0 Å². The van der Waals surface area contributed by atoms with Crippen molar-refractivity contribution in [2.75, 3.05) is 0 Å². The summed E-state index contributed by atoms with van der Waals surface area (Å²) >= 11 is 0. The van der Waals surface area contributed by atoms with Crippen LogP contribution in [0.25, 0.3) is 0 Å². The zero-order valence-electron chi connectivity index (χ0n) is 9.68. The van der Waals surface area contributed by atoms with Crippen LogP contribution in [-0.4, -0.2) is 0 Å². The fourth-order valence-electron chi connectivity index (χ4n) is 1.59. The first-order valence-electron chi connectivity index (χ1n) is 5.47. The predicted molar refractivity (Wildman–Crippen MR) is 66.7 cm³/mol. The lowest BCUT2D eigenvalue weighted by molar-refractivity contribution is 0.305. The van der Waals surface area contributed by atoms with E-state index in [1.807, 2.05) is 55.5 Å². The van der Waals surface area contributed by atoms with Gasteiger partial charge in [0, 0.05) is 0 Å². The molecular formula is C15H13NO. The maximum Gasteiger partial charge on any atom is 0.137 e. The molecule has 0 bridgehead atoms. The molecule has 2 aromatic rings. The summed E-state index contributed by atoms with van der Waals surface area (Å²) in [6.07, 6.45) is 0. The highest BCUT2D eigenvalue weighted by molar-refractivity contribution is 5.45. The van der Waals surface area contributed by atoms with Crippen molar-refractivity contribution in [2.24, 2.45) is 0 Å². The van der Waals surface area contributed by atoms with Gasteiger partial charge in [-0.3, -0.25) is 0 Å². The molecule has 17 heavy (non-hydrogen) atoms. The summed E-state index contributed by atoms with van der Waals surface area (Å²) in [5.74, 6) is 0.641. The molecule has 0 aliphatic carbocycles. The van der Waals surface area contributed by atoms with E-state index in [1.54, 1.807) is 0 Å². The molecule has 2 rings (SSSR count). The second-order valence-corrected chi connectivity index (χ2v) is 3.89. The number of hydrogen-bond donors (Lipinski definition) is 0. The number of nitrogens with zero attached hydrogens (tertiary/aromatic N) is 1. The standard InChI is InChI=1S/C15H13NO/c1-12-7-8-15(14(9-12)10-16)17-11-13-5-3-2-4-6-13/h2-9H,11H2,1H3. The summed E-state index contributed by atoms with van der Waals surface area (Å²) in [5.41, 5.74) is 2.74. The summed E-state index contributed by atoms with van der Waals surface area (Å²) in [4.78, 5) is 0. The van der Waals surface area contributed by atoms with Gasteiger partial charge in [0.15, 0.2) is 0 Å². The van der Waals surface area contributed by atoms with Gasteiger partial charge in [0.1, 0.15) is 18.4 Å². The van der Waals surface area contributed by atoms with Crippen LogP contribution < -0.4 is 4.74 Å². The Morgan fingerprint density at radius 2 is 1.88 bits per heavy atom. The largest absolute Gasteiger partial charge is 0.488 e. The molecule has 2 aromatic carbocycles. The minimum atomic E-state index is 0.485. The summed E-state index contributed by atoms with van der Waals surface area (Å²) in [6.45, 7) is 2.44. The number of hydrogen-bond acceptors (Lipinski definition) is 2. The first kappa shape index (κ1) is 11.2. The lowest BCUT2D eigenvalue weighted by Gasteiger charge is -2.08. The normalized spacial score (nSPS) is 9.65. The van der Waals surface area contributed by atoms with E-state index in [2.05, 4.69) is 6.07 Å². The van der Waals surface area contributed by atoms with Crippen LogP contribution in [-0.2, 0) is 6.61 Å². The molecule has 0 fully saturated rings. The monoisotopic (exact) mass is 223 g/mol. The van der Waals surface area contributed by atoms with E-state index in [-0.39, 0.29) is 0 Å². The highest BCUT2D eigenvalue weighted by atomic mass is 16.5. The molecule has 0 radical (unpaired) electrons. The van der Waals surface area contributed by atoms with Crippen molar-refractivity contribution < 1.29 is 4.74 Å². The number of rotatable bonds is 3. The molecule has 0 unspecified atom stereocenters. The molecular weight excluding hydrogens is 210 g/mol. The van der Waals surface area contributed by atoms with Gasteiger partial charge in [0.2, 0.25) is 0 Å². The van der Waals surface area contributed by atoms with Crippen LogP contribution in [0.2, 0.25) is 0 Å². The Morgan fingerprint density at radius 3 is 2.59 bits per heavy atom. The molecule has 0 aliphatic heterocycles. The summed E-state index contributed by atoms with van der Waals surface area (Å²) < 4.78 is 5.65. The van der Waals surface area contributed by atoms with Crippen molar-refractivity contribution in [1.29, 1.82) is 5.26 Å². The fraction of sp³-hybridized carbons (Fsp3) is 0.133. The summed E-state index contributed by atoms with van der Waals surface area (Å²) in [5, 5.41) is 9.01. The highest BCUT2D eigenvalue weighted by Crippen LogP contribution is 2.20. The van der Waals surface area contributed by atoms with Gasteiger partial charge >= 0.3 is 0 Å². The Labute approximate surface area is 101 Å². The second kappa shape index (κ2) is 5.18. The minimum Gasteiger partial charge on any atom is -0.488 e. The molecule has 0 aliphatic rings. The van der Waals surface area contributed by atoms with Gasteiger partial charge in [-0.05, 0) is 30.2 Å². The first-order chi connectivity index (χ1) is 8.29. The lowest BCUT2D eigenvalue weighted by atomic mass is 10.1. The van der Waals surface area contributed by atoms with E-state index >= 15 is 0 Å². The van der Waals surface area contributed by atoms with Crippen LogP contribution in [0.3, 0.4) is 0 Å². The van der Waals surface area contributed by atoms with Crippen molar-refractivity contribution in [3.63, 3.8) is 0 Å². The van der Waals surface area contributed by atoms with E-state index in [1.165, 1.54) is 0 Å². The maximum atomic E-state index is 9.01. The van der Waals surface area contributed by atoms with Crippen molar-refractivity contribution in [2.45, 2.75) is 13.5 Å². The van der Waals surface area contributed by atoms with E-state index in [0.717, 1.165) is 11.1 Å². The van der Waals surface area contributed by atoms with Crippen LogP contribution in [0.4, 0.5) is 0 Å². The Kier molecular flexibility index (Phi) is 3.42. The Hall–Kier alpha value is -2.27. The van der Waals surface area contributed by atoms with Crippen molar-refractivity contribution >= 4 is 0 Å². The maximum absolute atomic E-state index is 9.01. The molecule has 0 N–H and O–H groups in total. The predicted octanol–water partition coefficient (Wildman–Crippen LogP) is 3.45. The second-order valence-electron chi connectivity index (χ2n) is 3.89. The fourth-order valence-corrected chi connectivity index (χ4v) is 1.59. The molecule has 2 heteroatoms. The Balaban J connectivity index is 2.12. The van der Waals surface area contributed by atoms with Gasteiger partial charge < -0.3 is 4.74 Å². The quantitative estimate of drug-likeness (QED) is 0.798.